The molecule has 2 fully saturated rings. The fourth-order valence-electron chi connectivity index (χ4n) is 3.83. The molecule has 4 heteroatoms. The van der Waals surface area contributed by atoms with Crippen molar-refractivity contribution in [3.05, 3.63) is 35.9 Å². The summed E-state index contributed by atoms with van der Waals surface area (Å²) in [5.74, 6) is 1.01. The van der Waals surface area contributed by atoms with Crippen LogP contribution in [0, 0.1) is 11.8 Å². The van der Waals surface area contributed by atoms with Gasteiger partial charge in [0.15, 0.2) is 0 Å². The molecule has 2 aliphatic rings. The molecule has 126 valence electrons. The molecule has 1 aromatic carbocycles. The summed E-state index contributed by atoms with van der Waals surface area (Å²) in [4.78, 5) is 14.7. The van der Waals surface area contributed by atoms with Gasteiger partial charge in [-0.1, -0.05) is 30.3 Å². The lowest BCUT2D eigenvalue weighted by Gasteiger charge is -2.32. The highest BCUT2D eigenvalue weighted by Crippen LogP contribution is 2.24. The molecule has 1 heterocycles. The van der Waals surface area contributed by atoms with Crippen molar-refractivity contribution in [2.24, 2.45) is 17.6 Å². The van der Waals surface area contributed by atoms with Crippen molar-refractivity contribution in [3.63, 3.8) is 0 Å². The molecule has 0 bridgehead atoms. The van der Waals surface area contributed by atoms with Crippen LogP contribution in [0.5, 0.6) is 0 Å². The molecule has 2 atom stereocenters. The average molecular weight is 315 g/mol. The van der Waals surface area contributed by atoms with E-state index in [1.807, 2.05) is 0 Å². The Labute approximate surface area is 139 Å². The van der Waals surface area contributed by atoms with E-state index in [0.29, 0.717) is 5.92 Å². The quantitative estimate of drug-likeness (QED) is 0.875. The zero-order valence-corrected chi connectivity index (χ0v) is 13.9. The predicted molar refractivity (Wildman–Crippen MR) is 92.8 cm³/mol. The summed E-state index contributed by atoms with van der Waals surface area (Å²) >= 11 is 0. The monoisotopic (exact) mass is 315 g/mol. The Balaban J connectivity index is 1.35. The van der Waals surface area contributed by atoms with E-state index in [4.69, 9.17) is 5.73 Å². The molecule has 23 heavy (non-hydrogen) atoms. The zero-order valence-electron chi connectivity index (χ0n) is 13.9. The Bertz CT molecular complexity index is 497. The Morgan fingerprint density at radius 3 is 2.52 bits per heavy atom. The standard InChI is InChI=1S/C19H29N3O/c20-18-7-6-17(12-18)19(23)21-13-15-8-10-22(11-9-15)14-16-4-2-1-3-5-16/h1-5,15,17-18H,6-14,20H2,(H,21,23). The van der Waals surface area contributed by atoms with Gasteiger partial charge >= 0.3 is 0 Å². The largest absolute Gasteiger partial charge is 0.356 e. The number of nitrogens with one attached hydrogen (secondary N) is 1. The third-order valence-corrected chi connectivity index (χ3v) is 5.37. The topological polar surface area (TPSA) is 58.4 Å². The van der Waals surface area contributed by atoms with Crippen molar-refractivity contribution in [1.29, 1.82) is 0 Å². The second-order valence-corrected chi connectivity index (χ2v) is 7.22. The second-order valence-electron chi connectivity index (χ2n) is 7.22. The molecule has 0 spiro atoms. The van der Waals surface area contributed by atoms with Crippen LogP contribution in [0.3, 0.4) is 0 Å². The lowest BCUT2D eigenvalue weighted by molar-refractivity contribution is -0.125. The zero-order chi connectivity index (χ0) is 16.1. The third kappa shape index (κ3) is 4.79. The van der Waals surface area contributed by atoms with E-state index in [1.165, 1.54) is 18.4 Å². The maximum Gasteiger partial charge on any atom is 0.223 e. The average Bonchev–Trinajstić information content (AvgIpc) is 3.01. The summed E-state index contributed by atoms with van der Waals surface area (Å²) < 4.78 is 0. The van der Waals surface area contributed by atoms with Gasteiger partial charge in [0, 0.05) is 25.0 Å². The molecule has 1 aliphatic carbocycles. The van der Waals surface area contributed by atoms with E-state index in [1.54, 1.807) is 0 Å². The number of benzene rings is 1. The van der Waals surface area contributed by atoms with E-state index >= 15 is 0 Å². The van der Waals surface area contributed by atoms with Gasteiger partial charge in [-0.3, -0.25) is 9.69 Å². The lowest BCUT2D eigenvalue weighted by Crippen LogP contribution is -2.39. The minimum Gasteiger partial charge on any atom is -0.356 e. The molecular formula is C19H29N3O. The van der Waals surface area contributed by atoms with Crippen LogP contribution < -0.4 is 11.1 Å². The summed E-state index contributed by atoms with van der Waals surface area (Å²) in [6.45, 7) is 4.14. The molecule has 1 saturated carbocycles. The van der Waals surface area contributed by atoms with E-state index in [2.05, 4.69) is 40.5 Å². The van der Waals surface area contributed by atoms with E-state index in [-0.39, 0.29) is 17.9 Å². The fourth-order valence-corrected chi connectivity index (χ4v) is 3.83. The molecule has 1 aromatic rings. The van der Waals surface area contributed by atoms with Gasteiger partial charge in [-0.2, -0.15) is 0 Å². The number of carbonyl (C=O) groups is 1. The van der Waals surface area contributed by atoms with Crippen LogP contribution in [0.2, 0.25) is 0 Å². The van der Waals surface area contributed by atoms with Crippen LogP contribution in [-0.4, -0.2) is 36.5 Å². The summed E-state index contributed by atoms with van der Waals surface area (Å²) in [7, 11) is 0. The van der Waals surface area contributed by atoms with E-state index in [0.717, 1.165) is 45.4 Å². The first-order valence-electron chi connectivity index (χ1n) is 9.00. The lowest BCUT2D eigenvalue weighted by atomic mass is 9.96. The number of likely N-dealkylation sites (tertiary alicyclic amines) is 1. The maximum absolute atomic E-state index is 12.2. The van der Waals surface area contributed by atoms with Crippen LogP contribution in [0.25, 0.3) is 0 Å². The first-order valence-corrected chi connectivity index (χ1v) is 9.00. The Kier molecular flexibility index (Phi) is 5.68. The minimum atomic E-state index is 0.156. The van der Waals surface area contributed by atoms with Gasteiger partial charge < -0.3 is 11.1 Å². The van der Waals surface area contributed by atoms with Gasteiger partial charge in [-0.25, -0.2) is 0 Å². The number of hydrogen-bond donors (Lipinski definition) is 2. The molecule has 0 aromatic heterocycles. The summed E-state index contributed by atoms with van der Waals surface area (Å²) in [5.41, 5.74) is 7.28. The van der Waals surface area contributed by atoms with Crippen molar-refractivity contribution in [3.8, 4) is 0 Å². The summed E-state index contributed by atoms with van der Waals surface area (Å²) in [5, 5.41) is 3.17. The minimum absolute atomic E-state index is 0.156. The first kappa shape index (κ1) is 16.5. The van der Waals surface area contributed by atoms with Crippen LogP contribution in [0.1, 0.15) is 37.7 Å². The van der Waals surface area contributed by atoms with Gasteiger partial charge in [-0.15, -0.1) is 0 Å². The maximum atomic E-state index is 12.2. The first-order chi connectivity index (χ1) is 11.2. The number of nitrogens with two attached hydrogens (primary N) is 1. The highest BCUT2D eigenvalue weighted by atomic mass is 16.1. The molecule has 1 amide bonds. The van der Waals surface area contributed by atoms with Gasteiger partial charge in [0.2, 0.25) is 5.91 Å². The van der Waals surface area contributed by atoms with Crippen LogP contribution in [-0.2, 0) is 11.3 Å². The third-order valence-electron chi connectivity index (χ3n) is 5.37. The molecule has 4 nitrogen and oxygen atoms in total. The molecule has 2 unspecified atom stereocenters. The second kappa shape index (κ2) is 7.93. The van der Waals surface area contributed by atoms with Gasteiger partial charge in [-0.05, 0) is 56.7 Å². The number of carbonyl (C=O) groups excluding carboxylic acids is 1. The van der Waals surface area contributed by atoms with Crippen molar-refractivity contribution in [1.82, 2.24) is 10.2 Å². The molecule has 3 N–H and O–H groups in total. The Morgan fingerprint density at radius 1 is 1.13 bits per heavy atom. The molecule has 0 radical (unpaired) electrons. The highest BCUT2D eigenvalue weighted by molar-refractivity contribution is 5.79. The fraction of sp³-hybridized carbons (Fsp3) is 0.632. The van der Waals surface area contributed by atoms with Gasteiger partial charge in [0.25, 0.3) is 0 Å². The molecular weight excluding hydrogens is 286 g/mol. The Morgan fingerprint density at radius 2 is 1.87 bits per heavy atom. The van der Waals surface area contributed by atoms with Crippen molar-refractivity contribution >= 4 is 5.91 Å². The van der Waals surface area contributed by atoms with Crippen molar-refractivity contribution in [2.75, 3.05) is 19.6 Å². The van der Waals surface area contributed by atoms with Crippen LogP contribution in [0.4, 0.5) is 0 Å². The predicted octanol–water partition coefficient (Wildman–Crippen LogP) is 2.14. The normalized spacial score (nSPS) is 26.3. The van der Waals surface area contributed by atoms with Crippen molar-refractivity contribution < 1.29 is 4.79 Å². The molecule has 1 saturated heterocycles. The summed E-state index contributed by atoms with van der Waals surface area (Å²) in [6, 6.07) is 10.9. The SMILES string of the molecule is NC1CCC(C(=O)NCC2CCN(Cc3ccccc3)CC2)C1. The number of rotatable bonds is 5. The van der Waals surface area contributed by atoms with E-state index in [9.17, 15) is 4.79 Å². The Hall–Kier alpha value is -1.39. The smallest absolute Gasteiger partial charge is 0.223 e. The number of hydrogen-bond acceptors (Lipinski definition) is 3. The van der Waals surface area contributed by atoms with Gasteiger partial charge in [0.05, 0.1) is 0 Å². The molecule has 3 rings (SSSR count). The number of nitrogens with zero attached hydrogens (tertiary/aromatic N) is 1. The van der Waals surface area contributed by atoms with Crippen LogP contribution in [0.15, 0.2) is 30.3 Å². The summed E-state index contributed by atoms with van der Waals surface area (Å²) in [6.07, 6.45) is 5.18. The molecule has 1 aliphatic heterocycles. The highest BCUT2D eigenvalue weighted by Gasteiger charge is 2.28. The van der Waals surface area contributed by atoms with Crippen molar-refractivity contribution in [2.45, 2.75) is 44.7 Å². The van der Waals surface area contributed by atoms with Crippen LogP contribution >= 0.6 is 0 Å². The van der Waals surface area contributed by atoms with Gasteiger partial charge in [0.1, 0.15) is 0 Å². The number of piperidine rings is 1. The van der Waals surface area contributed by atoms with E-state index < -0.39 is 0 Å². The number of amides is 1.